The van der Waals surface area contributed by atoms with Gasteiger partial charge in [0.1, 0.15) is 0 Å². The molecule has 14 rings (SSSR count). The fourth-order valence-corrected chi connectivity index (χ4v) is 10.6. The molecule has 0 amide bonds. The van der Waals surface area contributed by atoms with Crippen LogP contribution in [0, 0.1) is 0 Å². The van der Waals surface area contributed by atoms with E-state index in [1.165, 1.54) is 59.8 Å². The van der Waals surface area contributed by atoms with Crippen LogP contribution in [0.4, 0.5) is 0 Å². The molecular weight excluding hydrogens is 851 g/mol. The Morgan fingerprint density at radius 2 is 0.643 bits per heavy atom. The molecule has 0 saturated carbocycles. The summed E-state index contributed by atoms with van der Waals surface area (Å²) in [5.74, 6) is 1.85. The van der Waals surface area contributed by atoms with Crippen molar-refractivity contribution in [3.63, 3.8) is 0 Å². The molecular formula is C65H41N5. The van der Waals surface area contributed by atoms with Gasteiger partial charge in [-0.2, -0.15) is 0 Å². The zero-order chi connectivity index (χ0) is 46.1. The summed E-state index contributed by atoms with van der Waals surface area (Å²) < 4.78 is 4.93. The van der Waals surface area contributed by atoms with Crippen LogP contribution in [-0.4, -0.2) is 24.1 Å². The van der Waals surface area contributed by atoms with Crippen molar-refractivity contribution in [3.8, 4) is 67.8 Å². The number of rotatable bonds is 7. The molecule has 70 heavy (non-hydrogen) atoms. The number of hydrogen-bond acceptors (Lipinski definition) is 3. The Morgan fingerprint density at radius 1 is 0.243 bits per heavy atom. The number of benzene rings is 11. The predicted octanol–water partition coefficient (Wildman–Crippen LogP) is 16.7. The number of para-hydroxylation sites is 2. The summed E-state index contributed by atoms with van der Waals surface area (Å²) in [5.41, 5.74) is 14.2. The third-order valence-electron chi connectivity index (χ3n) is 13.9. The molecule has 0 saturated heterocycles. The van der Waals surface area contributed by atoms with Crippen LogP contribution < -0.4 is 0 Å². The average Bonchev–Trinajstić information content (AvgIpc) is 3.94. The van der Waals surface area contributed by atoms with Gasteiger partial charge in [-0.3, -0.25) is 0 Å². The van der Waals surface area contributed by atoms with Crippen molar-refractivity contribution in [1.82, 2.24) is 24.1 Å². The molecule has 0 aliphatic heterocycles. The highest BCUT2D eigenvalue weighted by molar-refractivity contribution is 6.23. The molecule has 5 heteroatoms. The Kier molecular flexibility index (Phi) is 9.14. The summed E-state index contributed by atoms with van der Waals surface area (Å²) in [6.45, 7) is 0. The van der Waals surface area contributed by atoms with Gasteiger partial charge in [-0.25, -0.2) is 15.0 Å². The van der Waals surface area contributed by atoms with Gasteiger partial charge in [0.2, 0.25) is 0 Å². The van der Waals surface area contributed by atoms with Gasteiger partial charge in [0.05, 0.1) is 27.8 Å². The van der Waals surface area contributed by atoms with Crippen LogP contribution in [0.2, 0.25) is 0 Å². The van der Waals surface area contributed by atoms with Crippen LogP contribution >= 0.6 is 0 Å². The lowest BCUT2D eigenvalue weighted by Crippen LogP contribution is -2.01. The third-order valence-corrected chi connectivity index (χ3v) is 13.9. The van der Waals surface area contributed by atoms with Gasteiger partial charge < -0.3 is 9.13 Å². The second-order valence-electron chi connectivity index (χ2n) is 18.0. The van der Waals surface area contributed by atoms with Crippen LogP contribution in [0.1, 0.15) is 0 Å². The van der Waals surface area contributed by atoms with Crippen molar-refractivity contribution >= 4 is 65.2 Å². The van der Waals surface area contributed by atoms with Crippen molar-refractivity contribution < 1.29 is 0 Å². The molecule has 0 bridgehead atoms. The van der Waals surface area contributed by atoms with E-state index < -0.39 is 0 Å². The first-order valence-electron chi connectivity index (χ1n) is 23.8. The molecule has 0 spiro atoms. The number of hydrogen-bond donors (Lipinski definition) is 0. The molecule has 11 aromatic carbocycles. The van der Waals surface area contributed by atoms with Crippen molar-refractivity contribution in [2.45, 2.75) is 0 Å². The van der Waals surface area contributed by atoms with Crippen LogP contribution in [0.5, 0.6) is 0 Å². The molecule has 0 unspecified atom stereocenters. The molecule has 3 aromatic heterocycles. The van der Waals surface area contributed by atoms with E-state index in [-0.39, 0.29) is 0 Å². The number of fused-ring (bicyclic) bond motifs is 8. The summed E-state index contributed by atoms with van der Waals surface area (Å²) in [5, 5.41) is 9.72. The van der Waals surface area contributed by atoms with Crippen LogP contribution in [0.3, 0.4) is 0 Å². The molecule has 0 atom stereocenters. The van der Waals surface area contributed by atoms with Gasteiger partial charge in [0, 0.05) is 49.3 Å². The van der Waals surface area contributed by atoms with Gasteiger partial charge in [0.15, 0.2) is 17.5 Å². The molecule has 0 aliphatic carbocycles. The maximum absolute atomic E-state index is 5.17. The Balaban J connectivity index is 0.938. The lowest BCUT2D eigenvalue weighted by Gasteiger charge is -2.15. The Bertz CT molecular complexity index is 4200. The Hall–Kier alpha value is -9.45. The van der Waals surface area contributed by atoms with E-state index >= 15 is 0 Å². The second kappa shape index (κ2) is 16.1. The van der Waals surface area contributed by atoms with E-state index in [2.05, 4.69) is 246 Å². The maximum Gasteiger partial charge on any atom is 0.164 e. The van der Waals surface area contributed by atoms with E-state index in [4.69, 9.17) is 15.0 Å². The van der Waals surface area contributed by atoms with E-state index in [1.807, 2.05) is 12.1 Å². The van der Waals surface area contributed by atoms with Crippen molar-refractivity contribution in [2.75, 3.05) is 0 Å². The predicted molar refractivity (Wildman–Crippen MR) is 291 cm³/mol. The quantitative estimate of drug-likeness (QED) is 0.160. The summed E-state index contributed by atoms with van der Waals surface area (Å²) in [6.07, 6.45) is 0. The first-order valence-corrected chi connectivity index (χ1v) is 23.8. The smallest absolute Gasteiger partial charge is 0.164 e. The highest BCUT2D eigenvalue weighted by Crippen LogP contribution is 2.44. The molecule has 326 valence electrons. The Morgan fingerprint density at radius 3 is 1.21 bits per heavy atom. The fourth-order valence-electron chi connectivity index (χ4n) is 10.6. The summed E-state index contributed by atoms with van der Waals surface area (Å²) in [4.78, 5) is 15.4. The standard InChI is InChI=1S/C65H41N5/c1-3-15-42(16-4-1)44-27-31-46(32-28-44)63-66-64(47-33-29-45(30-34-47)43-17-5-2-6-18-43)68-65(67-63)48-35-37-52(38-36-48)69-58-26-14-12-24-55(58)61-60(69)41-51-21-9-10-22-53(51)62(61)70-57-25-13-11-23-54(57)56-39-49-19-7-8-20-50(49)40-59(56)70/h1-41H. The first-order chi connectivity index (χ1) is 34.7. The zero-order valence-corrected chi connectivity index (χ0v) is 37.9. The highest BCUT2D eigenvalue weighted by Gasteiger charge is 2.23. The van der Waals surface area contributed by atoms with Gasteiger partial charge >= 0.3 is 0 Å². The molecule has 0 fully saturated rings. The minimum absolute atomic E-state index is 0.611. The molecule has 0 aliphatic rings. The van der Waals surface area contributed by atoms with Crippen LogP contribution in [-0.2, 0) is 0 Å². The average molecular weight is 892 g/mol. The van der Waals surface area contributed by atoms with Crippen molar-refractivity contribution in [2.24, 2.45) is 0 Å². The highest BCUT2D eigenvalue weighted by atomic mass is 15.0. The van der Waals surface area contributed by atoms with Crippen molar-refractivity contribution in [3.05, 3.63) is 249 Å². The minimum atomic E-state index is 0.611. The van der Waals surface area contributed by atoms with E-state index in [9.17, 15) is 0 Å². The number of aromatic nitrogens is 5. The van der Waals surface area contributed by atoms with Gasteiger partial charge in [-0.05, 0) is 93.0 Å². The third kappa shape index (κ3) is 6.51. The SMILES string of the molecule is c1ccc(-c2ccc(-c3nc(-c4ccc(-c5ccccc5)cc4)nc(-c4ccc(-n5c6ccccc6c6c(-n7c8ccccc8c8cc9ccccc9cc87)c7ccccc7cc65)cc4)n3)cc2)cc1. The molecule has 14 aromatic rings. The van der Waals surface area contributed by atoms with E-state index in [1.54, 1.807) is 0 Å². The van der Waals surface area contributed by atoms with Gasteiger partial charge in [-0.1, -0.05) is 194 Å². The first kappa shape index (κ1) is 39.7. The number of nitrogens with zero attached hydrogens (tertiary/aromatic N) is 5. The molecule has 0 N–H and O–H groups in total. The molecule has 3 heterocycles. The molecule has 0 radical (unpaired) electrons. The van der Waals surface area contributed by atoms with Crippen molar-refractivity contribution in [1.29, 1.82) is 0 Å². The van der Waals surface area contributed by atoms with Crippen LogP contribution in [0.25, 0.3) is 133 Å². The maximum atomic E-state index is 5.17. The van der Waals surface area contributed by atoms with Gasteiger partial charge in [0.25, 0.3) is 0 Å². The minimum Gasteiger partial charge on any atom is -0.309 e. The monoisotopic (exact) mass is 891 g/mol. The summed E-state index contributed by atoms with van der Waals surface area (Å²) >= 11 is 0. The lowest BCUT2D eigenvalue weighted by atomic mass is 10.0. The second-order valence-corrected chi connectivity index (χ2v) is 18.0. The molecule has 5 nitrogen and oxygen atoms in total. The van der Waals surface area contributed by atoms with E-state index in [0.717, 1.165) is 55.7 Å². The van der Waals surface area contributed by atoms with E-state index in [0.29, 0.717) is 17.5 Å². The zero-order valence-electron chi connectivity index (χ0n) is 37.9. The normalized spacial score (nSPS) is 11.7. The van der Waals surface area contributed by atoms with Gasteiger partial charge in [-0.15, -0.1) is 0 Å². The largest absolute Gasteiger partial charge is 0.309 e. The Labute approximate surface area is 403 Å². The summed E-state index contributed by atoms with van der Waals surface area (Å²) in [6, 6.07) is 88.8. The summed E-state index contributed by atoms with van der Waals surface area (Å²) in [7, 11) is 0. The van der Waals surface area contributed by atoms with Crippen LogP contribution in [0.15, 0.2) is 249 Å². The topological polar surface area (TPSA) is 48.5 Å². The fraction of sp³-hybridized carbons (Fsp3) is 0. The lowest BCUT2D eigenvalue weighted by molar-refractivity contribution is 1.07.